The maximum Gasteiger partial charge on any atom is 0.213 e. The van der Waals surface area contributed by atoms with Gasteiger partial charge in [-0.15, -0.1) is 0 Å². The van der Waals surface area contributed by atoms with E-state index in [0.717, 1.165) is 18.2 Å². The van der Waals surface area contributed by atoms with Crippen LogP contribution in [0.1, 0.15) is 12.8 Å². The van der Waals surface area contributed by atoms with Gasteiger partial charge in [-0.05, 0) is 24.8 Å². The van der Waals surface area contributed by atoms with Crippen molar-refractivity contribution in [3.05, 3.63) is 18.3 Å². The zero-order chi connectivity index (χ0) is 12.8. The lowest BCUT2D eigenvalue weighted by Gasteiger charge is -2.13. The normalized spacial score (nSPS) is 16.3. The largest absolute Gasteiger partial charge is 0.481 e. The predicted molar refractivity (Wildman–Crippen MR) is 68.8 cm³/mol. The molecule has 0 saturated heterocycles. The summed E-state index contributed by atoms with van der Waals surface area (Å²) < 4.78 is 10.4. The van der Waals surface area contributed by atoms with E-state index in [-0.39, 0.29) is 0 Å². The van der Waals surface area contributed by atoms with E-state index < -0.39 is 6.10 Å². The molecule has 1 aliphatic carbocycles. The first-order valence-corrected chi connectivity index (χ1v) is 6.27. The Morgan fingerprint density at radius 3 is 2.94 bits per heavy atom. The number of pyridine rings is 1. The van der Waals surface area contributed by atoms with Crippen LogP contribution in [0.25, 0.3) is 0 Å². The highest BCUT2D eigenvalue weighted by Crippen LogP contribution is 2.28. The van der Waals surface area contributed by atoms with E-state index in [9.17, 15) is 5.11 Å². The zero-order valence-corrected chi connectivity index (χ0v) is 10.6. The van der Waals surface area contributed by atoms with Crippen LogP contribution in [0.2, 0.25) is 0 Å². The van der Waals surface area contributed by atoms with Crippen molar-refractivity contribution >= 4 is 5.69 Å². The standard InChI is InChI=1S/C13H20N2O3/c1-17-13-5-4-11(6-15-13)14-7-12(16)9-18-8-10-2-3-10/h4-6,10,12,14,16H,2-3,7-9H2,1H3. The first-order chi connectivity index (χ1) is 8.78. The highest BCUT2D eigenvalue weighted by Gasteiger charge is 2.21. The number of aromatic nitrogens is 1. The van der Waals surface area contributed by atoms with Crippen molar-refractivity contribution in [3.8, 4) is 5.88 Å². The van der Waals surface area contributed by atoms with Gasteiger partial charge in [-0.2, -0.15) is 0 Å². The van der Waals surface area contributed by atoms with Crippen LogP contribution in [0.4, 0.5) is 5.69 Å². The fourth-order valence-electron chi connectivity index (χ4n) is 1.56. The van der Waals surface area contributed by atoms with Crippen molar-refractivity contribution in [1.29, 1.82) is 0 Å². The Morgan fingerprint density at radius 2 is 2.33 bits per heavy atom. The molecule has 100 valence electrons. The molecule has 5 nitrogen and oxygen atoms in total. The van der Waals surface area contributed by atoms with Crippen molar-refractivity contribution in [2.45, 2.75) is 18.9 Å². The summed E-state index contributed by atoms with van der Waals surface area (Å²) in [7, 11) is 1.58. The van der Waals surface area contributed by atoms with Gasteiger partial charge >= 0.3 is 0 Å². The van der Waals surface area contributed by atoms with Crippen molar-refractivity contribution in [3.63, 3.8) is 0 Å². The second-order valence-corrected chi connectivity index (χ2v) is 4.60. The van der Waals surface area contributed by atoms with E-state index in [0.29, 0.717) is 19.0 Å². The quantitative estimate of drug-likeness (QED) is 0.730. The highest BCUT2D eigenvalue weighted by atomic mass is 16.5. The van der Waals surface area contributed by atoms with Crippen molar-refractivity contribution in [1.82, 2.24) is 4.98 Å². The minimum Gasteiger partial charge on any atom is -0.481 e. The molecule has 2 N–H and O–H groups in total. The molecule has 0 spiro atoms. The molecular weight excluding hydrogens is 232 g/mol. The van der Waals surface area contributed by atoms with Crippen LogP contribution in [0, 0.1) is 5.92 Å². The van der Waals surface area contributed by atoms with Crippen LogP contribution >= 0.6 is 0 Å². The van der Waals surface area contributed by atoms with E-state index >= 15 is 0 Å². The average Bonchev–Trinajstić information content (AvgIpc) is 3.21. The molecule has 1 fully saturated rings. The molecule has 18 heavy (non-hydrogen) atoms. The third-order valence-electron chi connectivity index (χ3n) is 2.85. The third kappa shape index (κ3) is 4.50. The molecule has 1 atom stereocenters. The fourth-order valence-corrected chi connectivity index (χ4v) is 1.56. The Labute approximate surface area is 107 Å². The number of methoxy groups -OCH3 is 1. The summed E-state index contributed by atoms with van der Waals surface area (Å²) in [5, 5.41) is 12.8. The summed E-state index contributed by atoms with van der Waals surface area (Å²) >= 11 is 0. The van der Waals surface area contributed by atoms with E-state index in [4.69, 9.17) is 9.47 Å². The maximum absolute atomic E-state index is 9.71. The number of anilines is 1. The zero-order valence-electron chi connectivity index (χ0n) is 10.6. The van der Waals surface area contributed by atoms with E-state index in [1.807, 2.05) is 6.07 Å². The number of aliphatic hydroxyl groups is 1. The number of nitrogens with zero attached hydrogens (tertiary/aromatic N) is 1. The van der Waals surface area contributed by atoms with Crippen LogP contribution in [0.5, 0.6) is 5.88 Å². The smallest absolute Gasteiger partial charge is 0.213 e. The first kappa shape index (κ1) is 13.1. The van der Waals surface area contributed by atoms with Crippen LogP contribution < -0.4 is 10.1 Å². The number of hydrogen-bond donors (Lipinski definition) is 2. The summed E-state index contributed by atoms with van der Waals surface area (Å²) in [5.74, 6) is 1.31. The van der Waals surface area contributed by atoms with Crippen molar-refractivity contribution in [2.75, 3.05) is 32.2 Å². The minimum absolute atomic E-state index is 0.382. The van der Waals surface area contributed by atoms with Gasteiger partial charge in [0.15, 0.2) is 0 Å². The number of ether oxygens (including phenoxy) is 2. The van der Waals surface area contributed by atoms with E-state index in [1.165, 1.54) is 12.8 Å². The summed E-state index contributed by atoms with van der Waals surface area (Å²) in [5.41, 5.74) is 0.858. The van der Waals surface area contributed by atoms with Crippen molar-refractivity contribution in [2.24, 2.45) is 5.92 Å². The second kappa shape index (κ2) is 6.56. The Kier molecular flexibility index (Phi) is 4.78. The molecular formula is C13H20N2O3. The fraction of sp³-hybridized carbons (Fsp3) is 0.615. The molecule has 0 bridgehead atoms. The molecule has 1 aromatic heterocycles. The van der Waals surface area contributed by atoms with Gasteiger partial charge in [0, 0.05) is 19.2 Å². The second-order valence-electron chi connectivity index (χ2n) is 4.60. The van der Waals surface area contributed by atoms with Crippen LogP contribution in [-0.4, -0.2) is 43.1 Å². The molecule has 5 heteroatoms. The Morgan fingerprint density at radius 1 is 1.50 bits per heavy atom. The van der Waals surface area contributed by atoms with Crippen molar-refractivity contribution < 1.29 is 14.6 Å². The Hall–Kier alpha value is -1.33. The van der Waals surface area contributed by atoms with E-state index in [2.05, 4.69) is 10.3 Å². The summed E-state index contributed by atoms with van der Waals surface area (Å²) in [4.78, 5) is 4.07. The first-order valence-electron chi connectivity index (χ1n) is 6.27. The SMILES string of the molecule is COc1ccc(NCC(O)COCC2CC2)cn1. The van der Waals surface area contributed by atoms with Gasteiger partial charge in [-0.25, -0.2) is 4.98 Å². The Balaban J connectivity index is 1.62. The van der Waals surface area contributed by atoms with Crippen LogP contribution in [-0.2, 0) is 4.74 Å². The predicted octanol–water partition coefficient (Wildman–Crippen LogP) is 1.29. The summed E-state index contributed by atoms with van der Waals surface area (Å²) in [6, 6.07) is 3.64. The topological polar surface area (TPSA) is 63.6 Å². The number of hydrogen-bond acceptors (Lipinski definition) is 5. The molecule has 1 aliphatic rings. The lowest BCUT2D eigenvalue weighted by Crippen LogP contribution is -2.25. The lowest BCUT2D eigenvalue weighted by atomic mass is 10.3. The molecule has 1 saturated carbocycles. The Bertz CT molecular complexity index is 352. The van der Waals surface area contributed by atoms with Gasteiger partial charge in [0.2, 0.25) is 5.88 Å². The number of nitrogens with one attached hydrogen (secondary N) is 1. The molecule has 0 amide bonds. The summed E-state index contributed by atoms with van der Waals surface area (Å²) in [6.07, 6.45) is 3.72. The average molecular weight is 252 g/mol. The van der Waals surface area contributed by atoms with Crippen LogP contribution in [0.15, 0.2) is 18.3 Å². The van der Waals surface area contributed by atoms with Gasteiger partial charge in [-0.3, -0.25) is 0 Å². The molecule has 0 aromatic carbocycles. The molecule has 1 unspecified atom stereocenters. The van der Waals surface area contributed by atoms with Gasteiger partial charge < -0.3 is 19.9 Å². The third-order valence-corrected chi connectivity index (χ3v) is 2.85. The maximum atomic E-state index is 9.71. The molecule has 0 radical (unpaired) electrons. The van der Waals surface area contributed by atoms with Gasteiger partial charge in [0.1, 0.15) is 0 Å². The highest BCUT2D eigenvalue weighted by molar-refractivity contribution is 5.42. The van der Waals surface area contributed by atoms with Gasteiger partial charge in [0.05, 0.1) is 31.7 Å². The number of aliphatic hydroxyl groups excluding tert-OH is 1. The molecule has 0 aliphatic heterocycles. The minimum atomic E-state index is -0.495. The monoisotopic (exact) mass is 252 g/mol. The molecule has 1 heterocycles. The van der Waals surface area contributed by atoms with Gasteiger partial charge in [0.25, 0.3) is 0 Å². The number of rotatable bonds is 8. The van der Waals surface area contributed by atoms with E-state index in [1.54, 1.807) is 19.4 Å². The van der Waals surface area contributed by atoms with Crippen LogP contribution in [0.3, 0.4) is 0 Å². The lowest BCUT2D eigenvalue weighted by molar-refractivity contribution is 0.0386. The van der Waals surface area contributed by atoms with Gasteiger partial charge in [-0.1, -0.05) is 0 Å². The molecule has 2 rings (SSSR count). The summed E-state index contributed by atoms with van der Waals surface area (Å²) in [6.45, 7) is 1.62. The molecule has 1 aromatic rings.